The van der Waals surface area contributed by atoms with Gasteiger partial charge in [0.05, 0.1) is 14.2 Å². The molecule has 3 aromatic rings. The van der Waals surface area contributed by atoms with E-state index >= 15 is 0 Å². The average Bonchev–Trinajstić information content (AvgIpc) is 3.21. The molecule has 0 aliphatic heterocycles. The molecule has 10 heteroatoms. The monoisotopic (exact) mass is 397 g/mol. The van der Waals surface area contributed by atoms with E-state index in [9.17, 15) is 9.59 Å². The van der Waals surface area contributed by atoms with Crippen LogP contribution in [0.1, 0.15) is 0 Å². The lowest BCUT2D eigenvalue weighted by molar-refractivity contribution is -0.148. The van der Waals surface area contributed by atoms with Gasteiger partial charge in [0, 0.05) is 11.3 Å². The van der Waals surface area contributed by atoms with Gasteiger partial charge in [0.2, 0.25) is 5.82 Å². The number of nitrogens with zero attached hydrogens (tertiary/aromatic N) is 4. The van der Waals surface area contributed by atoms with Gasteiger partial charge in [-0.15, -0.1) is 10.2 Å². The van der Waals surface area contributed by atoms with Crippen molar-refractivity contribution in [3.8, 4) is 22.9 Å². The fourth-order valence-corrected chi connectivity index (χ4v) is 2.43. The van der Waals surface area contributed by atoms with Crippen LogP contribution in [0, 0.1) is 0 Å². The zero-order valence-corrected chi connectivity index (χ0v) is 15.9. The molecule has 2 aromatic carbocycles. The van der Waals surface area contributed by atoms with Crippen LogP contribution in [-0.4, -0.2) is 52.9 Å². The largest absolute Gasteiger partial charge is 0.493 e. The van der Waals surface area contributed by atoms with Crippen LogP contribution in [0.3, 0.4) is 0 Å². The molecule has 1 aromatic heterocycles. The number of hydrogen-bond acceptors (Lipinski definition) is 8. The van der Waals surface area contributed by atoms with Crippen molar-refractivity contribution >= 4 is 17.6 Å². The number of aromatic nitrogens is 4. The number of tetrazole rings is 1. The number of nitrogens with one attached hydrogen (secondary N) is 1. The van der Waals surface area contributed by atoms with E-state index in [1.165, 1.54) is 14.2 Å². The second-order valence-corrected chi connectivity index (χ2v) is 5.79. The number of anilines is 1. The predicted molar refractivity (Wildman–Crippen MR) is 102 cm³/mol. The van der Waals surface area contributed by atoms with Gasteiger partial charge in [0.25, 0.3) is 5.91 Å². The van der Waals surface area contributed by atoms with E-state index in [0.717, 1.165) is 4.80 Å². The normalized spacial score (nSPS) is 10.3. The molecule has 0 atom stereocenters. The van der Waals surface area contributed by atoms with Gasteiger partial charge < -0.3 is 19.5 Å². The molecule has 29 heavy (non-hydrogen) atoms. The Labute approximate surface area is 166 Å². The van der Waals surface area contributed by atoms with Gasteiger partial charge >= 0.3 is 5.97 Å². The fraction of sp³-hybridized carbons (Fsp3) is 0.211. The second kappa shape index (κ2) is 9.31. The van der Waals surface area contributed by atoms with Crippen molar-refractivity contribution in [2.24, 2.45) is 0 Å². The number of carbonyl (C=O) groups excluding carboxylic acids is 2. The van der Waals surface area contributed by atoms with E-state index in [0.29, 0.717) is 28.6 Å². The summed E-state index contributed by atoms with van der Waals surface area (Å²) in [5.41, 5.74) is 1.26. The van der Waals surface area contributed by atoms with E-state index < -0.39 is 18.5 Å². The van der Waals surface area contributed by atoms with Crippen LogP contribution in [0.25, 0.3) is 11.4 Å². The van der Waals surface area contributed by atoms with E-state index in [4.69, 9.17) is 14.2 Å². The van der Waals surface area contributed by atoms with Crippen molar-refractivity contribution in [3.63, 3.8) is 0 Å². The number of para-hydroxylation sites is 1. The van der Waals surface area contributed by atoms with Crippen molar-refractivity contribution < 1.29 is 23.8 Å². The molecule has 10 nitrogen and oxygen atoms in total. The summed E-state index contributed by atoms with van der Waals surface area (Å²) in [6.45, 7) is -0.691. The Morgan fingerprint density at radius 2 is 1.79 bits per heavy atom. The topological polar surface area (TPSA) is 117 Å². The Balaban J connectivity index is 1.54. The van der Waals surface area contributed by atoms with Crippen molar-refractivity contribution in [1.29, 1.82) is 0 Å². The summed E-state index contributed by atoms with van der Waals surface area (Å²) < 4.78 is 15.4. The molecule has 0 spiro atoms. The summed E-state index contributed by atoms with van der Waals surface area (Å²) in [6.07, 6.45) is 0. The van der Waals surface area contributed by atoms with Crippen LogP contribution >= 0.6 is 0 Å². The first-order valence-corrected chi connectivity index (χ1v) is 8.60. The third-order valence-corrected chi connectivity index (χ3v) is 3.79. The molecule has 1 N–H and O–H groups in total. The molecule has 0 aliphatic rings. The molecule has 0 unspecified atom stereocenters. The predicted octanol–water partition coefficient (Wildman–Crippen LogP) is 1.54. The summed E-state index contributed by atoms with van der Waals surface area (Å²) in [7, 11) is 3.06. The number of rotatable bonds is 8. The highest BCUT2D eigenvalue weighted by molar-refractivity contribution is 5.92. The van der Waals surface area contributed by atoms with Crippen molar-refractivity contribution in [1.82, 2.24) is 20.2 Å². The zero-order valence-electron chi connectivity index (χ0n) is 15.9. The van der Waals surface area contributed by atoms with Crippen molar-refractivity contribution in [3.05, 3.63) is 48.5 Å². The first-order valence-electron chi connectivity index (χ1n) is 8.60. The standard InChI is InChI=1S/C19H19N5O5/c1-27-15-9-8-13(10-16(15)28-2)19-21-23-24(22-19)11-18(26)29-12-17(25)20-14-6-4-3-5-7-14/h3-10H,11-12H2,1-2H3,(H,20,25). The molecule has 3 rings (SSSR count). The van der Waals surface area contributed by atoms with E-state index in [-0.39, 0.29) is 6.54 Å². The Hall–Kier alpha value is -3.95. The summed E-state index contributed by atoms with van der Waals surface area (Å²) in [6, 6.07) is 14.0. The van der Waals surface area contributed by atoms with Gasteiger partial charge in [-0.2, -0.15) is 4.80 Å². The number of benzene rings is 2. The van der Waals surface area contributed by atoms with Gasteiger partial charge in [-0.25, -0.2) is 4.79 Å². The molecule has 1 heterocycles. The molecule has 0 aliphatic carbocycles. The van der Waals surface area contributed by atoms with Crippen LogP contribution in [0.5, 0.6) is 11.5 Å². The molecular weight excluding hydrogens is 378 g/mol. The third kappa shape index (κ3) is 5.28. The van der Waals surface area contributed by atoms with Crippen LogP contribution in [-0.2, 0) is 20.9 Å². The molecule has 150 valence electrons. The van der Waals surface area contributed by atoms with E-state index in [1.807, 2.05) is 6.07 Å². The number of esters is 1. The molecule has 0 fully saturated rings. The number of hydrogen-bond donors (Lipinski definition) is 1. The lowest BCUT2D eigenvalue weighted by Crippen LogP contribution is -2.23. The number of ether oxygens (including phenoxy) is 3. The van der Waals surface area contributed by atoms with Gasteiger partial charge in [-0.05, 0) is 35.5 Å². The summed E-state index contributed by atoms with van der Waals surface area (Å²) in [5, 5.41) is 14.5. The summed E-state index contributed by atoms with van der Waals surface area (Å²) >= 11 is 0. The maximum atomic E-state index is 11.9. The number of amides is 1. The maximum absolute atomic E-state index is 11.9. The molecule has 0 radical (unpaired) electrons. The van der Waals surface area contributed by atoms with Crippen LogP contribution in [0.2, 0.25) is 0 Å². The summed E-state index contributed by atoms with van der Waals surface area (Å²) in [4.78, 5) is 24.8. The second-order valence-electron chi connectivity index (χ2n) is 5.79. The first kappa shape index (κ1) is 19.8. The maximum Gasteiger partial charge on any atom is 0.330 e. The van der Waals surface area contributed by atoms with Crippen LogP contribution in [0.15, 0.2) is 48.5 Å². The Morgan fingerprint density at radius 1 is 1.03 bits per heavy atom. The van der Waals surface area contributed by atoms with Crippen LogP contribution < -0.4 is 14.8 Å². The molecule has 0 saturated heterocycles. The molecule has 1 amide bonds. The van der Waals surface area contributed by atoms with Crippen molar-refractivity contribution in [2.45, 2.75) is 6.54 Å². The van der Waals surface area contributed by atoms with E-state index in [2.05, 4.69) is 20.7 Å². The quantitative estimate of drug-likeness (QED) is 0.569. The minimum Gasteiger partial charge on any atom is -0.493 e. The highest BCUT2D eigenvalue weighted by Gasteiger charge is 2.14. The zero-order chi connectivity index (χ0) is 20.6. The number of methoxy groups -OCH3 is 2. The smallest absolute Gasteiger partial charge is 0.330 e. The Bertz CT molecular complexity index is 990. The number of carbonyl (C=O) groups is 2. The van der Waals surface area contributed by atoms with Crippen molar-refractivity contribution in [2.75, 3.05) is 26.1 Å². The minimum atomic E-state index is -0.663. The van der Waals surface area contributed by atoms with Gasteiger partial charge in [-0.3, -0.25) is 4.79 Å². The first-order chi connectivity index (χ1) is 14.1. The summed E-state index contributed by atoms with van der Waals surface area (Å²) in [5.74, 6) is 0.290. The fourth-order valence-electron chi connectivity index (χ4n) is 2.43. The SMILES string of the molecule is COc1ccc(-c2nnn(CC(=O)OCC(=O)Nc3ccccc3)n2)cc1OC. The molecule has 0 saturated carbocycles. The molecular formula is C19H19N5O5. The lowest BCUT2D eigenvalue weighted by atomic mass is 10.2. The Morgan fingerprint density at radius 3 is 2.52 bits per heavy atom. The highest BCUT2D eigenvalue weighted by Crippen LogP contribution is 2.30. The van der Waals surface area contributed by atoms with Gasteiger partial charge in [0.15, 0.2) is 24.7 Å². The van der Waals surface area contributed by atoms with Crippen LogP contribution in [0.4, 0.5) is 5.69 Å². The Kier molecular flexibility index (Phi) is 6.36. The van der Waals surface area contributed by atoms with Gasteiger partial charge in [-0.1, -0.05) is 18.2 Å². The average molecular weight is 397 g/mol. The lowest BCUT2D eigenvalue weighted by Gasteiger charge is -2.07. The van der Waals surface area contributed by atoms with Gasteiger partial charge in [0.1, 0.15) is 0 Å². The highest BCUT2D eigenvalue weighted by atomic mass is 16.5. The van der Waals surface area contributed by atoms with E-state index in [1.54, 1.807) is 42.5 Å². The minimum absolute atomic E-state index is 0.279. The molecule has 0 bridgehead atoms. The third-order valence-electron chi connectivity index (χ3n) is 3.79.